The van der Waals surface area contributed by atoms with Gasteiger partial charge in [0.05, 0.1) is 18.5 Å². The Morgan fingerprint density at radius 1 is 1.06 bits per heavy atom. The van der Waals surface area contributed by atoms with Crippen LogP contribution in [0.1, 0.15) is 62.5 Å². The second kappa shape index (κ2) is 11.3. The fraction of sp³-hybridized carbons (Fsp3) is 0.552. The summed E-state index contributed by atoms with van der Waals surface area (Å²) in [7, 11) is 0. The van der Waals surface area contributed by atoms with Gasteiger partial charge in [-0.2, -0.15) is 0 Å². The van der Waals surface area contributed by atoms with Crippen molar-refractivity contribution in [1.29, 1.82) is 0 Å². The summed E-state index contributed by atoms with van der Waals surface area (Å²) in [6, 6.07) is 14.1. The molecule has 1 aromatic heterocycles. The number of carbonyl (C=O) groups excluding carboxylic acids is 2. The molecule has 3 aliphatic heterocycles. The van der Waals surface area contributed by atoms with Crippen molar-refractivity contribution < 1.29 is 31.2 Å². The van der Waals surface area contributed by atoms with Crippen LogP contribution in [0, 0.1) is 12.8 Å². The number of hydrogen-bond acceptors (Lipinski definition) is 4. The maximum atomic E-state index is 13.9. The lowest BCUT2D eigenvalue weighted by Gasteiger charge is -2.52. The standard InChI is InChI=1S/C29H37N3O3.ClH/c1-22-11-16-30-26(19-22)31-27(33)21-32-17-12-23(13-18-32)25(20-32)35-28(34)29(14-7-2-3-8-15-29)24-9-5-4-6-10-24;/h4-6,9-11,16,19,23,25H,2-3,7-8,12-15,17-18,20-21H2,1H3;1H. The number of nitrogens with one attached hydrogen (secondary N) is 1. The van der Waals surface area contributed by atoms with E-state index in [9.17, 15) is 9.59 Å². The predicted molar refractivity (Wildman–Crippen MR) is 136 cm³/mol. The topological polar surface area (TPSA) is 68.3 Å². The van der Waals surface area contributed by atoms with Crippen LogP contribution < -0.4 is 17.7 Å². The highest BCUT2D eigenvalue weighted by Gasteiger charge is 2.51. The maximum absolute atomic E-state index is 13.9. The summed E-state index contributed by atoms with van der Waals surface area (Å²) in [5.74, 6) is 0.939. The molecule has 194 valence electrons. The van der Waals surface area contributed by atoms with Gasteiger partial charge in [-0.3, -0.25) is 9.59 Å². The van der Waals surface area contributed by atoms with Gasteiger partial charge in [0.25, 0.3) is 5.91 Å². The number of amides is 1. The number of anilines is 1. The van der Waals surface area contributed by atoms with E-state index in [4.69, 9.17) is 4.74 Å². The zero-order valence-corrected chi connectivity index (χ0v) is 22.0. The summed E-state index contributed by atoms with van der Waals surface area (Å²) in [5.41, 5.74) is 1.63. The molecule has 1 aliphatic carbocycles. The van der Waals surface area contributed by atoms with Crippen LogP contribution in [0.25, 0.3) is 0 Å². The second-order valence-electron chi connectivity index (χ2n) is 11.0. The average molecular weight is 512 g/mol. The van der Waals surface area contributed by atoms with E-state index < -0.39 is 5.41 Å². The summed E-state index contributed by atoms with van der Waals surface area (Å²) in [6.07, 6.45) is 9.82. The minimum Gasteiger partial charge on any atom is -1.00 e. The van der Waals surface area contributed by atoms with Crippen molar-refractivity contribution in [1.82, 2.24) is 4.98 Å². The van der Waals surface area contributed by atoms with Crippen molar-refractivity contribution in [2.24, 2.45) is 5.92 Å². The number of aryl methyl sites for hydroxylation is 1. The van der Waals surface area contributed by atoms with Crippen LogP contribution in [-0.4, -0.2) is 53.6 Å². The normalized spacial score (nSPS) is 26.8. The van der Waals surface area contributed by atoms with E-state index in [2.05, 4.69) is 22.4 Å². The van der Waals surface area contributed by atoms with E-state index >= 15 is 0 Å². The molecule has 2 aromatic rings. The molecule has 1 aromatic carbocycles. The van der Waals surface area contributed by atoms with Crippen LogP contribution >= 0.6 is 0 Å². The molecule has 7 heteroatoms. The number of hydrogen-bond donors (Lipinski definition) is 1. The third-order valence-electron chi connectivity index (χ3n) is 8.64. The van der Waals surface area contributed by atoms with Crippen LogP contribution in [0.2, 0.25) is 0 Å². The zero-order valence-electron chi connectivity index (χ0n) is 21.3. The summed E-state index contributed by atoms with van der Waals surface area (Å²) in [6.45, 7) is 5.06. The Kier molecular flexibility index (Phi) is 8.36. The molecule has 0 spiro atoms. The van der Waals surface area contributed by atoms with E-state index in [1.54, 1.807) is 6.20 Å². The number of rotatable bonds is 6. The lowest BCUT2D eigenvalue weighted by Crippen LogP contribution is -3.00. The molecule has 4 fully saturated rings. The van der Waals surface area contributed by atoms with Gasteiger partial charge in [0, 0.05) is 25.0 Å². The molecule has 1 unspecified atom stereocenters. The van der Waals surface area contributed by atoms with Crippen LogP contribution in [0.5, 0.6) is 0 Å². The average Bonchev–Trinajstić information content (AvgIpc) is 3.12. The lowest BCUT2D eigenvalue weighted by atomic mass is 9.74. The molecule has 36 heavy (non-hydrogen) atoms. The van der Waals surface area contributed by atoms with Gasteiger partial charge in [0.2, 0.25) is 0 Å². The first-order chi connectivity index (χ1) is 17.0. The number of quaternary nitrogens is 1. The number of nitrogens with zero attached hydrogens (tertiary/aromatic N) is 2. The molecule has 4 heterocycles. The molecule has 4 aliphatic rings. The Labute approximate surface area is 220 Å². The Hall–Kier alpha value is -2.44. The summed E-state index contributed by atoms with van der Waals surface area (Å²) >= 11 is 0. The maximum Gasteiger partial charge on any atom is 0.317 e. The number of halogens is 1. The van der Waals surface area contributed by atoms with Crippen molar-refractivity contribution in [2.45, 2.75) is 69.8 Å². The van der Waals surface area contributed by atoms with E-state index in [0.29, 0.717) is 22.8 Å². The molecule has 0 radical (unpaired) electrons. The van der Waals surface area contributed by atoms with Crippen molar-refractivity contribution in [3.05, 3.63) is 59.8 Å². The monoisotopic (exact) mass is 511 g/mol. The molecular formula is C29H38ClN3O3. The van der Waals surface area contributed by atoms with Crippen molar-refractivity contribution >= 4 is 17.7 Å². The first-order valence-electron chi connectivity index (χ1n) is 13.3. The molecule has 1 saturated carbocycles. The largest absolute Gasteiger partial charge is 1.00 e. The number of ether oxygens (including phenoxy) is 1. The third kappa shape index (κ3) is 5.60. The van der Waals surface area contributed by atoms with Gasteiger partial charge in [0.1, 0.15) is 12.4 Å². The number of pyridine rings is 1. The quantitative estimate of drug-likeness (QED) is 0.365. The van der Waals surface area contributed by atoms with Gasteiger partial charge in [-0.1, -0.05) is 56.0 Å². The van der Waals surface area contributed by atoms with Crippen LogP contribution in [-0.2, 0) is 19.7 Å². The highest BCUT2D eigenvalue weighted by molar-refractivity contribution is 5.90. The Balaban J connectivity index is 0.00000304. The van der Waals surface area contributed by atoms with Gasteiger partial charge in [0.15, 0.2) is 12.6 Å². The first-order valence-corrected chi connectivity index (χ1v) is 13.3. The molecule has 6 rings (SSSR count). The molecule has 3 saturated heterocycles. The minimum absolute atomic E-state index is 0. The molecule has 1 N–H and O–H groups in total. The van der Waals surface area contributed by atoms with Crippen molar-refractivity contribution in [2.75, 3.05) is 31.5 Å². The van der Waals surface area contributed by atoms with E-state index in [-0.39, 0.29) is 30.4 Å². The predicted octanol–water partition coefficient (Wildman–Crippen LogP) is 1.78. The molecule has 1 atom stereocenters. The van der Waals surface area contributed by atoms with Gasteiger partial charge >= 0.3 is 5.97 Å². The summed E-state index contributed by atoms with van der Waals surface area (Å²) in [4.78, 5) is 31.1. The summed E-state index contributed by atoms with van der Waals surface area (Å²) in [5, 5.41) is 2.97. The van der Waals surface area contributed by atoms with Crippen LogP contribution in [0.4, 0.5) is 5.82 Å². The number of benzene rings is 1. The van der Waals surface area contributed by atoms with Crippen LogP contribution in [0.15, 0.2) is 48.7 Å². The number of fused-ring (bicyclic) bond motifs is 3. The number of aromatic nitrogens is 1. The summed E-state index contributed by atoms with van der Waals surface area (Å²) < 4.78 is 7.12. The number of carbonyl (C=O) groups is 2. The highest BCUT2D eigenvalue weighted by atomic mass is 35.5. The molecule has 6 nitrogen and oxygen atoms in total. The Bertz CT molecular complexity index is 1040. The van der Waals surface area contributed by atoms with Gasteiger partial charge in [-0.25, -0.2) is 4.98 Å². The lowest BCUT2D eigenvalue weighted by molar-refractivity contribution is -0.939. The third-order valence-corrected chi connectivity index (χ3v) is 8.64. The Morgan fingerprint density at radius 3 is 2.42 bits per heavy atom. The van der Waals surface area contributed by atoms with E-state index in [1.165, 1.54) is 12.8 Å². The fourth-order valence-electron chi connectivity index (χ4n) is 6.62. The first kappa shape index (κ1) is 26.6. The van der Waals surface area contributed by atoms with Crippen molar-refractivity contribution in [3.8, 4) is 0 Å². The highest BCUT2D eigenvalue weighted by Crippen LogP contribution is 2.42. The Morgan fingerprint density at radius 2 is 1.75 bits per heavy atom. The van der Waals surface area contributed by atoms with Gasteiger partial charge in [-0.05, 0) is 43.0 Å². The smallest absolute Gasteiger partial charge is 0.317 e. The number of esters is 1. The molecule has 2 bridgehead atoms. The van der Waals surface area contributed by atoms with Gasteiger partial charge < -0.3 is 26.9 Å². The van der Waals surface area contributed by atoms with Gasteiger partial charge in [-0.15, -0.1) is 0 Å². The molecule has 1 amide bonds. The SMILES string of the molecule is Cc1ccnc(NC(=O)C[N+]23CCC(CC2)C(OC(=O)C2(c4ccccc4)CCCCCC2)C3)c1.[Cl-]. The van der Waals surface area contributed by atoms with E-state index in [1.807, 2.05) is 37.3 Å². The number of piperidine rings is 3. The van der Waals surface area contributed by atoms with E-state index in [0.717, 1.165) is 69.3 Å². The minimum atomic E-state index is -0.539. The second-order valence-corrected chi connectivity index (χ2v) is 11.0. The molecular weight excluding hydrogens is 474 g/mol. The van der Waals surface area contributed by atoms with Crippen LogP contribution in [0.3, 0.4) is 0 Å². The zero-order chi connectivity index (χ0) is 24.3. The fourth-order valence-corrected chi connectivity index (χ4v) is 6.62. The van der Waals surface area contributed by atoms with Crippen molar-refractivity contribution in [3.63, 3.8) is 0 Å².